The van der Waals surface area contributed by atoms with Crippen LogP contribution >= 0.6 is 0 Å². The minimum absolute atomic E-state index is 0.0665. The van der Waals surface area contributed by atoms with E-state index < -0.39 is 5.72 Å². The first-order valence-electron chi connectivity index (χ1n) is 10.8. The summed E-state index contributed by atoms with van der Waals surface area (Å²) in [5.74, 6) is 0.585. The lowest BCUT2D eigenvalue weighted by atomic mass is 9.88. The Bertz CT molecular complexity index is 816. The molecule has 0 bridgehead atoms. The number of nitrogens with zero attached hydrogens (tertiary/aromatic N) is 2. The summed E-state index contributed by atoms with van der Waals surface area (Å²) >= 11 is 0. The third kappa shape index (κ3) is 5.21. The van der Waals surface area contributed by atoms with E-state index in [1.54, 1.807) is 7.11 Å². The summed E-state index contributed by atoms with van der Waals surface area (Å²) in [6, 6.07) is 17.6. The number of likely N-dealkylation sites (N-methyl/N-ethyl adjacent to an activating group) is 2. The van der Waals surface area contributed by atoms with E-state index in [1.807, 2.05) is 42.5 Å². The summed E-state index contributed by atoms with van der Waals surface area (Å²) in [6.45, 7) is 0.814. The van der Waals surface area contributed by atoms with Gasteiger partial charge in [-0.1, -0.05) is 36.8 Å². The molecule has 2 aromatic rings. The number of ether oxygens (including phenoxy) is 2. The van der Waals surface area contributed by atoms with Gasteiger partial charge in [0, 0.05) is 19.4 Å². The molecule has 1 saturated carbocycles. The fourth-order valence-corrected chi connectivity index (χ4v) is 4.37. The molecule has 0 spiro atoms. The predicted molar refractivity (Wildman–Crippen MR) is 120 cm³/mol. The minimum Gasteiger partial charge on any atom is -0.497 e. The van der Waals surface area contributed by atoms with E-state index in [9.17, 15) is 4.79 Å². The first-order chi connectivity index (χ1) is 14.4. The Balaban J connectivity index is 1.94. The topological polar surface area (TPSA) is 42.0 Å². The molecular formula is C25H34N2O3. The maximum atomic E-state index is 13.0. The predicted octanol–water partition coefficient (Wildman–Crippen LogP) is 4.75. The zero-order chi connectivity index (χ0) is 21.6. The molecule has 0 saturated heterocycles. The van der Waals surface area contributed by atoms with Gasteiger partial charge in [0.2, 0.25) is 0 Å². The van der Waals surface area contributed by atoms with Gasteiger partial charge in [-0.3, -0.25) is 4.90 Å². The molecule has 0 aromatic heterocycles. The van der Waals surface area contributed by atoms with E-state index in [2.05, 4.69) is 43.1 Å². The van der Waals surface area contributed by atoms with Gasteiger partial charge in [0.05, 0.1) is 18.7 Å². The maximum absolute atomic E-state index is 13.0. The van der Waals surface area contributed by atoms with Crippen LogP contribution in [-0.2, 0) is 4.74 Å². The van der Waals surface area contributed by atoms with Gasteiger partial charge in [0.25, 0.3) is 0 Å². The van der Waals surface area contributed by atoms with Crippen LogP contribution in [0.25, 0.3) is 0 Å². The summed E-state index contributed by atoms with van der Waals surface area (Å²) < 4.78 is 11.8. The van der Waals surface area contributed by atoms with E-state index in [-0.39, 0.29) is 12.0 Å². The molecule has 1 atom stereocenters. The molecule has 1 aliphatic carbocycles. The van der Waals surface area contributed by atoms with E-state index >= 15 is 0 Å². The highest BCUT2D eigenvalue weighted by Crippen LogP contribution is 2.40. The van der Waals surface area contributed by atoms with Crippen LogP contribution in [-0.4, -0.2) is 56.3 Å². The molecule has 0 amide bonds. The second-order valence-corrected chi connectivity index (χ2v) is 8.43. The number of hydrogen-bond acceptors (Lipinski definition) is 5. The highest BCUT2D eigenvalue weighted by atomic mass is 16.6. The molecule has 2 aromatic carbocycles. The van der Waals surface area contributed by atoms with Gasteiger partial charge in [0.15, 0.2) is 5.72 Å². The number of esters is 1. The van der Waals surface area contributed by atoms with E-state index in [1.165, 1.54) is 6.42 Å². The van der Waals surface area contributed by atoms with Crippen molar-refractivity contribution in [3.63, 3.8) is 0 Å². The lowest BCUT2D eigenvalue weighted by Crippen LogP contribution is -2.54. The second-order valence-electron chi connectivity index (χ2n) is 8.43. The maximum Gasteiger partial charge on any atom is 0.339 e. The SMILES string of the molecule is COc1cccc(C(CN(C)C)N(C)C2(OC(=O)c3ccccc3)CCCCC2)c1. The number of carbonyl (C=O) groups is 1. The van der Waals surface area contributed by atoms with Gasteiger partial charge in [0.1, 0.15) is 5.75 Å². The van der Waals surface area contributed by atoms with Crippen molar-refractivity contribution >= 4 is 5.97 Å². The zero-order valence-electron chi connectivity index (χ0n) is 18.6. The molecule has 0 heterocycles. The molecule has 1 unspecified atom stereocenters. The first kappa shape index (κ1) is 22.3. The van der Waals surface area contributed by atoms with Gasteiger partial charge in [-0.05, 0) is 63.8 Å². The van der Waals surface area contributed by atoms with Crippen molar-refractivity contribution < 1.29 is 14.3 Å². The van der Waals surface area contributed by atoms with E-state index in [0.717, 1.165) is 43.5 Å². The van der Waals surface area contributed by atoms with Gasteiger partial charge in [-0.2, -0.15) is 0 Å². The molecule has 0 radical (unpaired) electrons. The molecule has 30 heavy (non-hydrogen) atoms. The molecule has 1 aliphatic rings. The first-order valence-corrected chi connectivity index (χ1v) is 10.8. The lowest BCUT2D eigenvalue weighted by molar-refractivity contribution is -0.147. The number of benzene rings is 2. The van der Waals surface area contributed by atoms with Crippen LogP contribution < -0.4 is 4.74 Å². The fraction of sp³-hybridized carbons (Fsp3) is 0.480. The number of carbonyl (C=O) groups excluding carboxylic acids is 1. The molecule has 162 valence electrons. The van der Waals surface area contributed by atoms with Gasteiger partial charge in [-0.25, -0.2) is 4.79 Å². The van der Waals surface area contributed by atoms with Crippen molar-refractivity contribution in [2.75, 3.05) is 34.8 Å². The Labute approximate surface area is 180 Å². The average Bonchev–Trinajstić information content (AvgIpc) is 2.78. The standard InChI is InChI=1S/C25H34N2O3/c1-26(2)19-23(21-14-11-15-22(18-21)29-4)27(3)25(16-9-6-10-17-25)30-24(28)20-12-7-5-8-13-20/h5,7-8,11-15,18,23H,6,9-10,16-17,19H2,1-4H3. The third-order valence-electron chi connectivity index (χ3n) is 6.05. The van der Waals surface area contributed by atoms with Gasteiger partial charge in [-0.15, -0.1) is 0 Å². The summed E-state index contributed by atoms with van der Waals surface area (Å²) in [7, 11) is 7.93. The molecule has 5 heteroatoms. The van der Waals surface area contributed by atoms with E-state index in [4.69, 9.17) is 9.47 Å². The van der Waals surface area contributed by atoms with E-state index in [0.29, 0.717) is 5.56 Å². The zero-order valence-corrected chi connectivity index (χ0v) is 18.6. The van der Waals surface area contributed by atoms with Crippen molar-refractivity contribution in [2.24, 2.45) is 0 Å². The van der Waals surface area contributed by atoms with Crippen LogP contribution in [0.5, 0.6) is 5.75 Å². The Kier molecular flexibility index (Phi) is 7.51. The van der Waals surface area contributed by atoms with Crippen molar-refractivity contribution in [1.29, 1.82) is 0 Å². The largest absolute Gasteiger partial charge is 0.497 e. The highest BCUT2D eigenvalue weighted by molar-refractivity contribution is 5.89. The fourth-order valence-electron chi connectivity index (χ4n) is 4.37. The molecule has 3 rings (SSSR count). The Morgan fingerprint density at radius 1 is 1.00 bits per heavy atom. The smallest absolute Gasteiger partial charge is 0.339 e. The lowest BCUT2D eigenvalue weighted by Gasteiger charge is -2.47. The normalized spacial score (nSPS) is 17.0. The number of methoxy groups -OCH3 is 1. The van der Waals surface area contributed by atoms with Crippen LogP contribution in [0.15, 0.2) is 54.6 Å². The van der Waals surface area contributed by atoms with Crippen LogP contribution in [0.4, 0.5) is 0 Å². The van der Waals surface area contributed by atoms with Crippen molar-refractivity contribution in [2.45, 2.75) is 43.9 Å². The number of rotatable bonds is 8. The average molecular weight is 411 g/mol. The van der Waals surface area contributed by atoms with Crippen molar-refractivity contribution in [1.82, 2.24) is 9.80 Å². The summed E-state index contributed by atoms with van der Waals surface area (Å²) in [4.78, 5) is 17.5. The van der Waals surface area contributed by atoms with Gasteiger partial charge < -0.3 is 14.4 Å². The Morgan fingerprint density at radius 3 is 2.33 bits per heavy atom. The molecule has 1 fully saturated rings. The minimum atomic E-state index is -0.616. The monoisotopic (exact) mass is 410 g/mol. The summed E-state index contributed by atoms with van der Waals surface area (Å²) in [5.41, 5.74) is 1.14. The Morgan fingerprint density at radius 2 is 1.70 bits per heavy atom. The van der Waals surface area contributed by atoms with Crippen LogP contribution in [0.2, 0.25) is 0 Å². The molecule has 0 N–H and O–H groups in total. The summed E-state index contributed by atoms with van der Waals surface area (Å²) in [5, 5.41) is 0. The van der Waals surface area contributed by atoms with Crippen molar-refractivity contribution in [3.8, 4) is 5.75 Å². The van der Waals surface area contributed by atoms with Gasteiger partial charge >= 0.3 is 5.97 Å². The summed E-state index contributed by atoms with van der Waals surface area (Å²) in [6.07, 6.45) is 4.97. The molecule has 0 aliphatic heterocycles. The second kappa shape index (κ2) is 10.1. The number of hydrogen-bond donors (Lipinski definition) is 0. The van der Waals surface area contributed by atoms with Crippen LogP contribution in [0.1, 0.15) is 54.1 Å². The van der Waals surface area contributed by atoms with Crippen LogP contribution in [0.3, 0.4) is 0 Å². The molecule has 5 nitrogen and oxygen atoms in total. The third-order valence-corrected chi connectivity index (χ3v) is 6.05. The quantitative estimate of drug-likeness (QED) is 0.464. The Hall–Kier alpha value is -2.37. The van der Waals surface area contributed by atoms with Crippen molar-refractivity contribution in [3.05, 3.63) is 65.7 Å². The molecular weight excluding hydrogens is 376 g/mol. The highest BCUT2D eigenvalue weighted by Gasteiger charge is 2.43. The van der Waals surface area contributed by atoms with Crippen LogP contribution in [0, 0.1) is 0 Å².